The Balaban J connectivity index is 1.56. The van der Waals surface area contributed by atoms with Crippen LogP contribution >= 0.6 is 0 Å². The topological polar surface area (TPSA) is 93.2 Å². The van der Waals surface area contributed by atoms with E-state index in [0.29, 0.717) is 25.6 Å². The monoisotopic (exact) mass is 348 g/mol. The van der Waals surface area contributed by atoms with E-state index in [1.165, 1.54) is 0 Å². The Morgan fingerprint density at radius 2 is 1.92 bits per heavy atom. The molecule has 1 aliphatic rings. The molecule has 2 heterocycles. The minimum atomic E-state index is -3.51. The summed E-state index contributed by atoms with van der Waals surface area (Å²) in [6, 6.07) is 8.49. The summed E-state index contributed by atoms with van der Waals surface area (Å²) in [6.45, 7) is 1.55. The number of benzene rings is 1. The fourth-order valence-corrected chi connectivity index (χ4v) is 3.52. The Kier molecular flexibility index (Phi) is 5.39. The third-order valence-electron chi connectivity index (χ3n) is 3.78. The van der Waals surface area contributed by atoms with Crippen LogP contribution in [0.1, 0.15) is 18.4 Å². The van der Waals surface area contributed by atoms with Crippen LogP contribution in [0.15, 0.2) is 47.6 Å². The molecule has 1 saturated heterocycles. The summed E-state index contributed by atoms with van der Waals surface area (Å²) in [7, 11) is -3.51. The van der Waals surface area contributed by atoms with Crippen LogP contribution in [0.25, 0.3) is 0 Å². The van der Waals surface area contributed by atoms with Crippen molar-refractivity contribution in [2.45, 2.75) is 30.4 Å². The molecule has 1 atom stereocenters. The van der Waals surface area contributed by atoms with Gasteiger partial charge >= 0.3 is 0 Å². The van der Waals surface area contributed by atoms with Crippen molar-refractivity contribution in [2.24, 2.45) is 0 Å². The molecule has 128 valence electrons. The first-order valence-electron chi connectivity index (χ1n) is 7.84. The van der Waals surface area contributed by atoms with Gasteiger partial charge in [-0.25, -0.2) is 23.1 Å². The average molecular weight is 348 g/mol. The summed E-state index contributed by atoms with van der Waals surface area (Å²) in [6.07, 6.45) is 5.18. The van der Waals surface area contributed by atoms with Gasteiger partial charge in [0.25, 0.3) is 0 Å². The molecule has 1 fully saturated rings. The lowest BCUT2D eigenvalue weighted by atomic mass is 10.2. The van der Waals surface area contributed by atoms with Crippen LogP contribution in [0.5, 0.6) is 0 Å². The molecule has 0 aliphatic carbocycles. The lowest BCUT2D eigenvalue weighted by molar-refractivity contribution is 0.114. The Bertz CT molecular complexity index is 745. The minimum Gasteiger partial charge on any atom is -0.377 e. The SMILES string of the molecule is O=S(=O)(NCC1CCCO1)c1ccc(CNc2ncccn2)cc1. The largest absolute Gasteiger partial charge is 0.377 e. The molecular formula is C16H20N4O3S. The van der Waals surface area contributed by atoms with E-state index in [1.807, 2.05) is 0 Å². The molecule has 2 N–H and O–H groups in total. The van der Waals surface area contributed by atoms with Gasteiger partial charge in [0.05, 0.1) is 11.0 Å². The zero-order chi connectivity index (χ0) is 16.8. The van der Waals surface area contributed by atoms with Gasteiger partial charge < -0.3 is 10.1 Å². The van der Waals surface area contributed by atoms with Gasteiger partial charge in [0.1, 0.15) is 0 Å². The lowest BCUT2D eigenvalue weighted by Crippen LogP contribution is -2.31. The van der Waals surface area contributed by atoms with E-state index in [9.17, 15) is 8.42 Å². The zero-order valence-electron chi connectivity index (χ0n) is 13.2. The highest BCUT2D eigenvalue weighted by molar-refractivity contribution is 7.89. The normalized spacial score (nSPS) is 17.8. The van der Waals surface area contributed by atoms with Gasteiger partial charge in [-0.15, -0.1) is 0 Å². The van der Waals surface area contributed by atoms with E-state index >= 15 is 0 Å². The number of nitrogens with one attached hydrogen (secondary N) is 2. The van der Waals surface area contributed by atoms with E-state index in [4.69, 9.17) is 4.74 Å². The van der Waals surface area contributed by atoms with Gasteiger partial charge in [-0.3, -0.25) is 0 Å². The van der Waals surface area contributed by atoms with Crippen LogP contribution < -0.4 is 10.0 Å². The first-order valence-corrected chi connectivity index (χ1v) is 9.33. The molecule has 0 bridgehead atoms. The van der Waals surface area contributed by atoms with Crippen molar-refractivity contribution in [2.75, 3.05) is 18.5 Å². The van der Waals surface area contributed by atoms with Crippen molar-refractivity contribution < 1.29 is 13.2 Å². The predicted octanol–water partition coefficient (Wildman–Crippen LogP) is 1.55. The third-order valence-corrected chi connectivity index (χ3v) is 5.21. The van der Waals surface area contributed by atoms with Gasteiger partial charge in [-0.1, -0.05) is 12.1 Å². The molecule has 1 aromatic heterocycles. The number of sulfonamides is 1. The molecule has 1 unspecified atom stereocenters. The minimum absolute atomic E-state index is 0.0193. The number of anilines is 1. The molecule has 0 amide bonds. The van der Waals surface area contributed by atoms with Gasteiger partial charge in [-0.05, 0) is 36.6 Å². The second-order valence-electron chi connectivity index (χ2n) is 5.56. The van der Waals surface area contributed by atoms with Crippen molar-refractivity contribution in [3.63, 3.8) is 0 Å². The first kappa shape index (κ1) is 16.8. The molecule has 1 aromatic carbocycles. The Hall–Kier alpha value is -2.03. The molecular weight excluding hydrogens is 328 g/mol. The smallest absolute Gasteiger partial charge is 0.240 e. The summed E-state index contributed by atoms with van der Waals surface area (Å²) in [5.74, 6) is 0.535. The number of nitrogens with zero attached hydrogens (tertiary/aromatic N) is 2. The van der Waals surface area contributed by atoms with Crippen molar-refractivity contribution >= 4 is 16.0 Å². The standard InChI is InChI=1S/C16H20N4O3S/c21-24(22,20-12-14-3-1-10-23-14)15-6-4-13(5-7-15)11-19-16-17-8-2-9-18-16/h2,4-9,14,20H,1,3,10-12H2,(H,17,18,19). The number of aromatic nitrogens is 2. The van der Waals surface area contributed by atoms with Crippen LogP contribution in [0.4, 0.5) is 5.95 Å². The average Bonchev–Trinajstić information content (AvgIpc) is 3.13. The number of hydrogen-bond acceptors (Lipinski definition) is 6. The summed E-state index contributed by atoms with van der Waals surface area (Å²) in [5.41, 5.74) is 0.945. The first-order chi connectivity index (χ1) is 11.6. The van der Waals surface area contributed by atoms with Gasteiger partial charge in [0.2, 0.25) is 16.0 Å². The van der Waals surface area contributed by atoms with Crippen molar-refractivity contribution in [1.29, 1.82) is 0 Å². The molecule has 7 nitrogen and oxygen atoms in total. The van der Waals surface area contributed by atoms with E-state index in [-0.39, 0.29) is 11.0 Å². The molecule has 0 saturated carbocycles. The van der Waals surface area contributed by atoms with Crippen LogP contribution in [0.3, 0.4) is 0 Å². The Labute approximate surface area is 141 Å². The summed E-state index contributed by atoms with van der Waals surface area (Å²) in [4.78, 5) is 8.40. The van der Waals surface area contributed by atoms with E-state index in [2.05, 4.69) is 20.0 Å². The Morgan fingerprint density at radius 1 is 1.17 bits per heavy atom. The molecule has 1 aliphatic heterocycles. The quantitative estimate of drug-likeness (QED) is 0.788. The number of rotatable bonds is 7. The molecule has 3 rings (SSSR count). The van der Waals surface area contributed by atoms with E-state index in [1.54, 1.807) is 42.7 Å². The van der Waals surface area contributed by atoms with Crippen LogP contribution in [0.2, 0.25) is 0 Å². The van der Waals surface area contributed by atoms with Gasteiger partial charge in [0, 0.05) is 32.1 Å². The lowest BCUT2D eigenvalue weighted by Gasteiger charge is -2.12. The second-order valence-corrected chi connectivity index (χ2v) is 7.32. The summed E-state index contributed by atoms with van der Waals surface area (Å²) < 4.78 is 32.6. The van der Waals surface area contributed by atoms with Crippen LogP contribution in [-0.4, -0.2) is 37.6 Å². The van der Waals surface area contributed by atoms with Crippen LogP contribution in [0, 0.1) is 0 Å². The maximum Gasteiger partial charge on any atom is 0.240 e. The number of ether oxygens (including phenoxy) is 1. The van der Waals surface area contributed by atoms with Gasteiger partial charge in [0.15, 0.2) is 0 Å². The highest BCUT2D eigenvalue weighted by Gasteiger charge is 2.20. The molecule has 24 heavy (non-hydrogen) atoms. The summed E-state index contributed by atoms with van der Waals surface area (Å²) in [5, 5.41) is 3.08. The van der Waals surface area contributed by atoms with Crippen molar-refractivity contribution in [3.05, 3.63) is 48.3 Å². The second kappa shape index (κ2) is 7.69. The zero-order valence-corrected chi connectivity index (χ0v) is 14.0. The van der Waals surface area contributed by atoms with E-state index < -0.39 is 10.0 Å². The Morgan fingerprint density at radius 3 is 2.58 bits per heavy atom. The van der Waals surface area contributed by atoms with E-state index in [0.717, 1.165) is 18.4 Å². The third kappa shape index (κ3) is 4.50. The predicted molar refractivity (Wildman–Crippen MR) is 90.0 cm³/mol. The van der Waals surface area contributed by atoms with Crippen molar-refractivity contribution in [1.82, 2.24) is 14.7 Å². The molecule has 0 radical (unpaired) electrons. The maximum absolute atomic E-state index is 12.3. The van der Waals surface area contributed by atoms with Gasteiger partial charge in [-0.2, -0.15) is 0 Å². The molecule has 2 aromatic rings. The highest BCUT2D eigenvalue weighted by Crippen LogP contribution is 2.14. The molecule has 8 heteroatoms. The summed E-state index contributed by atoms with van der Waals surface area (Å²) >= 11 is 0. The number of hydrogen-bond donors (Lipinski definition) is 2. The van der Waals surface area contributed by atoms with Crippen LogP contribution in [-0.2, 0) is 21.3 Å². The fraction of sp³-hybridized carbons (Fsp3) is 0.375. The van der Waals surface area contributed by atoms with Crippen molar-refractivity contribution in [3.8, 4) is 0 Å². The maximum atomic E-state index is 12.3. The fourth-order valence-electron chi connectivity index (χ4n) is 2.45. The molecule has 0 spiro atoms. The highest BCUT2D eigenvalue weighted by atomic mass is 32.2.